The van der Waals surface area contributed by atoms with Gasteiger partial charge >= 0.3 is 0 Å². The minimum absolute atomic E-state index is 0.429. The van der Waals surface area contributed by atoms with Crippen LogP contribution in [-0.2, 0) is 10.8 Å². The minimum Gasteiger partial charge on any atom is -0.309 e. The number of aromatic nitrogens is 1. The van der Waals surface area contributed by atoms with Crippen molar-refractivity contribution in [3.63, 3.8) is 0 Å². The monoisotopic (exact) mass is 721 g/mol. The summed E-state index contributed by atoms with van der Waals surface area (Å²) in [6, 6.07) is 79.8. The molecular formula is C56H35N. The number of rotatable bonds is 3. The average Bonchev–Trinajstić information content (AvgIpc) is 3.90. The molecule has 13 rings (SSSR count). The van der Waals surface area contributed by atoms with E-state index in [9.17, 15) is 0 Å². The molecule has 0 N–H and O–H groups in total. The highest BCUT2D eigenvalue weighted by Crippen LogP contribution is 2.68. The van der Waals surface area contributed by atoms with Crippen molar-refractivity contribution in [2.24, 2.45) is 0 Å². The van der Waals surface area contributed by atoms with Crippen molar-refractivity contribution < 1.29 is 0 Å². The third kappa shape index (κ3) is 3.75. The summed E-state index contributed by atoms with van der Waals surface area (Å²) in [6.07, 6.45) is 0. The fraction of sp³-hybridized carbons (Fsp3) is 0.0357. The van der Waals surface area contributed by atoms with Crippen LogP contribution in [0.25, 0.3) is 60.9 Å². The van der Waals surface area contributed by atoms with Crippen LogP contribution in [0.4, 0.5) is 0 Å². The van der Waals surface area contributed by atoms with E-state index in [1.54, 1.807) is 0 Å². The first-order chi connectivity index (χ1) is 28.3. The van der Waals surface area contributed by atoms with Gasteiger partial charge in [-0.2, -0.15) is 0 Å². The number of fused-ring (bicyclic) bond motifs is 15. The molecule has 0 fully saturated rings. The predicted octanol–water partition coefficient (Wildman–Crippen LogP) is 13.5. The number of hydrogen-bond acceptors (Lipinski definition) is 0. The van der Waals surface area contributed by atoms with E-state index in [1.165, 1.54) is 105 Å². The number of hydrogen-bond donors (Lipinski definition) is 0. The summed E-state index contributed by atoms with van der Waals surface area (Å²) in [5, 5.41) is 2.56. The van der Waals surface area contributed by atoms with Gasteiger partial charge in [0.25, 0.3) is 0 Å². The highest BCUT2D eigenvalue weighted by atomic mass is 15.0. The van der Waals surface area contributed by atoms with Gasteiger partial charge in [-0.25, -0.2) is 0 Å². The summed E-state index contributed by atoms with van der Waals surface area (Å²) in [5.74, 6) is 0. The van der Waals surface area contributed by atoms with Gasteiger partial charge < -0.3 is 4.57 Å². The lowest BCUT2D eigenvalue weighted by atomic mass is 9.52. The lowest BCUT2D eigenvalue weighted by Crippen LogP contribution is -2.43. The molecule has 1 nitrogen and oxygen atoms in total. The topological polar surface area (TPSA) is 4.93 Å². The van der Waals surface area contributed by atoms with Gasteiger partial charge in [0.1, 0.15) is 0 Å². The molecule has 3 aliphatic rings. The van der Waals surface area contributed by atoms with E-state index in [0.29, 0.717) is 0 Å². The summed E-state index contributed by atoms with van der Waals surface area (Å²) in [4.78, 5) is 0. The summed E-state index contributed by atoms with van der Waals surface area (Å²) in [6.45, 7) is 0. The van der Waals surface area contributed by atoms with E-state index >= 15 is 0 Å². The van der Waals surface area contributed by atoms with E-state index < -0.39 is 10.8 Å². The van der Waals surface area contributed by atoms with E-state index in [1.807, 2.05) is 0 Å². The van der Waals surface area contributed by atoms with Gasteiger partial charge in [-0.3, -0.25) is 0 Å². The molecule has 3 aliphatic carbocycles. The minimum atomic E-state index is -0.479. The SMILES string of the molecule is c1ccc(C23c4ccccc4-c4cccc(c42)C2(c4ccccc4-c4cc(-c5ccc(-n6c7ccccc7c7ccccc76)cc5)ccc42)c2ccccc23)cc1. The normalized spacial score (nSPS) is 18.0. The first-order valence-electron chi connectivity index (χ1n) is 20.0. The number of para-hydroxylation sites is 2. The first kappa shape index (κ1) is 31.0. The molecule has 1 spiro atoms. The molecule has 0 radical (unpaired) electrons. The lowest BCUT2D eigenvalue weighted by molar-refractivity contribution is 0.636. The Morgan fingerprint density at radius 3 is 1.49 bits per heavy atom. The molecule has 0 saturated carbocycles. The van der Waals surface area contributed by atoms with E-state index in [2.05, 4.69) is 217 Å². The Morgan fingerprint density at radius 2 is 0.789 bits per heavy atom. The Kier molecular flexibility index (Phi) is 6.09. The van der Waals surface area contributed by atoms with Gasteiger partial charge in [0.05, 0.1) is 21.9 Å². The smallest absolute Gasteiger partial charge is 0.0720 e. The molecule has 0 aliphatic heterocycles. The first-order valence-corrected chi connectivity index (χ1v) is 20.0. The van der Waals surface area contributed by atoms with Gasteiger partial charge in [-0.15, -0.1) is 0 Å². The summed E-state index contributed by atoms with van der Waals surface area (Å²) < 4.78 is 2.39. The Morgan fingerprint density at radius 1 is 0.298 bits per heavy atom. The van der Waals surface area contributed by atoms with Crippen LogP contribution in [0.2, 0.25) is 0 Å². The number of benzene rings is 9. The Bertz CT molecular complexity index is 3240. The van der Waals surface area contributed by atoms with Crippen LogP contribution in [-0.4, -0.2) is 4.57 Å². The van der Waals surface area contributed by atoms with Crippen molar-refractivity contribution in [3.8, 4) is 39.1 Å². The molecule has 1 heterocycles. The molecule has 0 amide bonds. The van der Waals surface area contributed by atoms with Crippen molar-refractivity contribution in [3.05, 3.63) is 257 Å². The van der Waals surface area contributed by atoms with Crippen LogP contribution in [0.5, 0.6) is 0 Å². The molecule has 264 valence electrons. The molecule has 2 atom stereocenters. The van der Waals surface area contributed by atoms with Gasteiger partial charge in [-0.05, 0) is 108 Å². The van der Waals surface area contributed by atoms with Crippen LogP contribution >= 0.6 is 0 Å². The van der Waals surface area contributed by atoms with Crippen LogP contribution in [0.15, 0.2) is 212 Å². The molecule has 1 heteroatoms. The predicted molar refractivity (Wildman–Crippen MR) is 234 cm³/mol. The largest absolute Gasteiger partial charge is 0.309 e. The second kappa shape index (κ2) is 11.2. The van der Waals surface area contributed by atoms with Gasteiger partial charge in [0.2, 0.25) is 0 Å². The summed E-state index contributed by atoms with van der Waals surface area (Å²) >= 11 is 0. The summed E-state index contributed by atoms with van der Waals surface area (Å²) in [5.41, 5.74) is 21.4. The van der Waals surface area contributed by atoms with Crippen molar-refractivity contribution in [1.82, 2.24) is 4.57 Å². The van der Waals surface area contributed by atoms with Gasteiger partial charge in [0, 0.05) is 16.5 Å². The summed E-state index contributed by atoms with van der Waals surface area (Å²) in [7, 11) is 0. The van der Waals surface area contributed by atoms with E-state index in [0.717, 1.165) is 0 Å². The van der Waals surface area contributed by atoms with Crippen molar-refractivity contribution in [1.29, 1.82) is 0 Å². The standard InChI is InChI=1S/C56H35N/c1-2-15-38(16-3-1)55-46-22-8-4-17-40(46)44-21-14-26-51(54(44)55)56(50-25-11-10-24-49(50)55)47-23-9-5-18-41(47)45-35-37(31-34-48(45)56)36-29-32-39(33-30-36)57-52-27-12-6-19-42(52)43-20-7-13-28-53(43)57/h1-35H. The molecule has 1 aromatic heterocycles. The van der Waals surface area contributed by atoms with Crippen molar-refractivity contribution in [2.45, 2.75) is 10.8 Å². The third-order valence-electron chi connectivity index (χ3n) is 13.5. The molecular weight excluding hydrogens is 687 g/mol. The molecule has 57 heavy (non-hydrogen) atoms. The Balaban J connectivity index is 1.04. The molecule has 0 bridgehead atoms. The van der Waals surface area contributed by atoms with Gasteiger partial charge in [-0.1, -0.05) is 182 Å². The third-order valence-corrected chi connectivity index (χ3v) is 13.5. The second-order valence-electron chi connectivity index (χ2n) is 15.9. The fourth-order valence-corrected chi connectivity index (χ4v) is 11.4. The second-order valence-corrected chi connectivity index (χ2v) is 15.9. The van der Waals surface area contributed by atoms with Crippen LogP contribution in [0.3, 0.4) is 0 Å². The molecule has 2 unspecified atom stereocenters. The van der Waals surface area contributed by atoms with Crippen LogP contribution < -0.4 is 0 Å². The average molecular weight is 722 g/mol. The molecule has 0 saturated heterocycles. The quantitative estimate of drug-likeness (QED) is 0.171. The Labute approximate surface area is 331 Å². The van der Waals surface area contributed by atoms with E-state index in [4.69, 9.17) is 0 Å². The van der Waals surface area contributed by atoms with E-state index in [-0.39, 0.29) is 0 Å². The number of nitrogens with zero attached hydrogens (tertiary/aromatic N) is 1. The zero-order valence-electron chi connectivity index (χ0n) is 31.2. The Hall–Kier alpha value is -7.22. The zero-order chi connectivity index (χ0) is 37.3. The van der Waals surface area contributed by atoms with Crippen LogP contribution in [0, 0.1) is 0 Å². The lowest BCUT2D eigenvalue weighted by Gasteiger charge is -2.48. The maximum absolute atomic E-state index is 2.46. The maximum atomic E-state index is 2.46. The zero-order valence-corrected chi connectivity index (χ0v) is 31.2. The molecule has 10 aromatic rings. The maximum Gasteiger partial charge on any atom is 0.0720 e. The van der Waals surface area contributed by atoms with Crippen LogP contribution in [0.1, 0.15) is 44.5 Å². The fourth-order valence-electron chi connectivity index (χ4n) is 11.4. The van der Waals surface area contributed by atoms with Crippen molar-refractivity contribution >= 4 is 21.8 Å². The van der Waals surface area contributed by atoms with Gasteiger partial charge in [0.15, 0.2) is 0 Å². The highest BCUT2D eigenvalue weighted by molar-refractivity contribution is 6.09. The molecule has 9 aromatic carbocycles. The highest BCUT2D eigenvalue weighted by Gasteiger charge is 2.59. The van der Waals surface area contributed by atoms with Crippen molar-refractivity contribution in [2.75, 3.05) is 0 Å².